The predicted molar refractivity (Wildman–Crippen MR) is 134 cm³/mol. The molecule has 7 heteroatoms. The third-order valence-electron chi connectivity index (χ3n) is 5.82. The first-order valence-electron chi connectivity index (χ1n) is 11.0. The van der Waals surface area contributed by atoms with Crippen LogP contribution in [0.25, 0.3) is 16.5 Å². The lowest BCUT2D eigenvalue weighted by Crippen LogP contribution is -2.26. The standard InChI is InChI=1S/C28H21N3O4/c1-35-28(34)19-10-8-18(9-11-19)17-31-25-7-3-2-6-22(25)23(27(31)33)16-26(32)30-21-12-13-24-20(15-21)5-4-14-29-24/h2-16H,17H2,1H3,(H,30,32)/b23-16+. The number of ether oxygens (including phenoxy) is 1. The number of nitrogens with one attached hydrogen (secondary N) is 1. The highest BCUT2D eigenvalue weighted by atomic mass is 16.5. The van der Waals surface area contributed by atoms with Crippen LogP contribution in [-0.2, 0) is 20.9 Å². The van der Waals surface area contributed by atoms with E-state index in [0.29, 0.717) is 28.9 Å². The molecule has 1 N–H and O–H groups in total. The molecule has 0 spiro atoms. The summed E-state index contributed by atoms with van der Waals surface area (Å²) in [5.74, 6) is -1.07. The number of carbonyl (C=O) groups excluding carboxylic acids is 3. The van der Waals surface area contributed by atoms with Gasteiger partial charge in [-0.1, -0.05) is 36.4 Å². The van der Waals surface area contributed by atoms with E-state index >= 15 is 0 Å². The molecule has 2 amide bonds. The minimum atomic E-state index is -0.418. The monoisotopic (exact) mass is 463 g/mol. The zero-order chi connectivity index (χ0) is 24.4. The van der Waals surface area contributed by atoms with Crippen LogP contribution in [0.5, 0.6) is 0 Å². The molecule has 0 atom stereocenters. The number of amides is 2. The second-order valence-electron chi connectivity index (χ2n) is 8.06. The van der Waals surface area contributed by atoms with Crippen LogP contribution >= 0.6 is 0 Å². The van der Waals surface area contributed by atoms with Gasteiger partial charge in [0.25, 0.3) is 5.91 Å². The Kier molecular flexibility index (Phi) is 5.81. The summed E-state index contributed by atoms with van der Waals surface area (Å²) in [6.07, 6.45) is 3.06. The number of para-hydroxylation sites is 1. The second-order valence-corrected chi connectivity index (χ2v) is 8.06. The molecule has 3 aromatic carbocycles. The Morgan fingerprint density at radius 3 is 2.60 bits per heavy atom. The molecule has 172 valence electrons. The number of fused-ring (bicyclic) bond motifs is 2. The van der Waals surface area contributed by atoms with E-state index < -0.39 is 11.9 Å². The molecule has 0 saturated carbocycles. The van der Waals surface area contributed by atoms with Crippen molar-refractivity contribution in [3.63, 3.8) is 0 Å². The Labute approximate surface area is 201 Å². The lowest BCUT2D eigenvalue weighted by Gasteiger charge is -2.17. The average molecular weight is 463 g/mol. The number of carbonyl (C=O) groups is 3. The van der Waals surface area contributed by atoms with Gasteiger partial charge in [0.05, 0.1) is 36.0 Å². The normalized spacial score (nSPS) is 13.7. The molecule has 0 saturated heterocycles. The zero-order valence-electron chi connectivity index (χ0n) is 18.9. The van der Waals surface area contributed by atoms with Crippen LogP contribution in [0, 0.1) is 0 Å². The first-order chi connectivity index (χ1) is 17.0. The van der Waals surface area contributed by atoms with Gasteiger partial charge in [-0.2, -0.15) is 0 Å². The molecule has 0 bridgehead atoms. The van der Waals surface area contributed by atoms with Crippen LogP contribution in [-0.4, -0.2) is 29.9 Å². The number of methoxy groups -OCH3 is 1. The van der Waals surface area contributed by atoms with E-state index in [9.17, 15) is 14.4 Å². The highest BCUT2D eigenvalue weighted by Crippen LogP contribution is 2.37. The Bertz CT molecular complexity index is 1490. The van der Waals surface area contributed by atoms with E-state index in [0.717, 1.165) is 22.2 Å². The molecule has 4 aromatic rings. The SMILES string of the molecule is COC(=O)c1ccc(CN2C(=O)/C(=C/C(=O)Nc3ccc4ncccc4c3)c3ccccc32)cc1. The lowest BCUT2D eigenvalue weighted by atomic mass is 10.1. The van der Waals surface area contributed by atoms with Crippen molar-refractivity contribution in [3.8, 4) is 0 Å². The molecule has 0 radical (unpaired) electrons. The van der Waals surface area contributed by atoms with E-state index in [4.69, 9.17) is 4.74 Å². The maximum Gasteiger partial charge on any atom is 0.337 e. The molecule has 0 fully saturated rings. The van der Waals surface area contributed by atoms with Crippen LogP contribution in [0.2, 0.25) is 0 Å². The Balaban J connectivity index is 1.39. The Morgan fingerprint density at radius 2 is 1.80 bits per heavy atom. The van der Waals surface area contributed by atoms with Gasteiger partial charge in [-0.05, 0) is 48.0 Å². The summed E-state index contributed by atoms with van der Waals surface area (Å²) in [6, 6.07) is 23.5. The minimum absolute atomic E-state index is 0.263. The molecule has 2 heterocycles. The fraction of sp³-hybridized carbons (Fsp3) is 0.0714. The number of hydrogen-bond acceptors (Lipinski definition) is 5. The molecule has 0 unspecified atom stereocenters. The molecule has 1 aliphatic heterocycles. The van der Waals surface area contributed by atoms with Gasteiger partial charge in [-0.15, -0.1) is 0 Å². The Hall–Kier alpha value is -4.78. The fourth-order valence-electron chi connectivity index (χ4n) is 4.11. The molecule has 5 rings (SSSR count). The van der Waals surface area contributed by atoms with Gasteiger partial charge in [0, 0.05) is 28.9 Å². The first-order valence-corrected chi connectivity index (χ1v) is 11.0. The smallest absolute Gasteiger partial charge is 0.337 e. The van der Waals surface area contributed by atoms with Crippen LogP contribution in [0.15, 0.2) is 91.1 Å². The van der Waals surface area contributed by atoms with Crippen LogP contribution in [0.3, 0.4) is 0 Å². The summed E-state index contributed by atoms with van der Waals surface area (Å²) in [7, 11) is 1.33. The maximum absolute atomic E-state index is 13.3. The largest absolute Gasteiger partial charge is 0.465 e. The number of benzene rings is 3. The lowest BCUT2D eigenvalue weighted by molar-refractivity contribution is -0.114. The van der Waals surface area contributed by atoms with Gasteiger partial charge in [-0.25, -0.2) is 4.79 Å². The number of hydrogen-bond donors (Lipinski definition) is 1. The highest BCUT2D eigenvalue weighted by Gasteiger charge is 2.32. The van der Waals surface area contributed by atoms with Gasteiger partial charge in [0.1, 0.15) is 0 Å². The van der Waals surface area contributed by atoms with Crippen LogP contribution in [0.1, 0.15) is 21.5 Å². The van der Waals surface area contributed by atoms with Crippen LogP contribution < -0.4 is 10.2 Å². The summed E-state index contributed by atoms with van der Waals surface area (Å²) in [5.41, 5.74) is 4.48. The summed E-state index contributed by atoms with van der Waals surface area (Å²) in [5, 5.41) is 3.75. The second kappa shape index (κ2) is 9.23. The molecule has 35 heavy (non-hydrogen) atoms. The van der Waals surface area contributed by atoms with E-state index in [1.807, 2.05) is 48.5 Å². The van der Waals surface area contributed by atoms with Gasteiger partial charge in [0.15, 0.2) is 0 Å². The molecule has 1 aliphatic rings. The van der Waals surface area contributed by atoms with E-state index in [-0.39, 0.29) is 5.91 Å². The highest BCUT2D eigenvalue weighted by molar-refractivity contribution is 6.35. The number of pyridine rings is 1. The molecular weight excluding hydrogens is 442 g/mol. The number of nitrogens with zero attached hydrogens (tertiary/aromatic N) is 2. The topological polar surface area (TPSA) is 88.6 Å². The van der Waals surface area contributed by atoms with Crippen LogP contribution in [0.4, 0.5) is 11.4 Å². The summed E-state index contributed by atoms with van der Waals surface area (Å²) in [6.45, 7) is 0.300. The maximum atomic E-state index is 13.3. The molecular formula is C28H21N3O4. The van der Waals surface area contributed by atoms with Crippen molar-refractivity contribution in [3.05, 3.63) is 108 Å². The summed E-state index contributed by atoms with van der Waals surface area (Å²) >= 11 is 0. The molecule has 1 aromatic heterocycles. The van der Waals surface area contributed by atoms with Crippen molar-refractivity contribution in [1.82, 2.24) is 4.98 Å². The van der Waals surface area contributed by atoms with Crippen molar-refractivity contribution < 1.29 is 19.1 Å². The van der Waals surface area contributed by atoms with Crippen molar-refractivity contribution in [2.24, 2.45) is 0 Å². The van der Waals surface area contributed by atoms with Gasteiger partial charge in [0.2, 0.25) is 5.91 Å². The summed E-state index contributed by atoms with van der Waals surface area (Å²) < 4.78 is 4.74. The number of anilines is 2. The number of esters is 1. The quantitative estimate of drug-likeness (QED) is 0.345. The first kappa shape index (κ1) is 22.0. The van der Waals surface area contributed by atoms with Crippen molar-refractivity contribution in [2.75, 3.05) is 17.3 Å². The van der Waals surface area contributed by atoms with Gasteiger partial charge >= 0.3 is 5.97 Å². The number of rotatable bonds is 5. The van der Waals surface area contributed by atoms with Gasteiger partial charge in [-0.3, -0.25) is 14.6 Å². The predicted octanol–water partition coefficient (Wildman–Crippen LogP) is 4.59. The zero-order valence-corrected chi connectivity index (χ0v) is 18.9. The summed E-state index contributed by atoms with van der Waals surface area (Å²) in [4.78, 5) is 43.8. The third-order valence-corrected chi connectivity index (χ3v) is 5.82. The van der Waals surface area contributed by atoms with E-state index in [1.54, 1.807) is 41.4 Å². The number of aromatic nitrogens is 1. The van der Waals surface area contributed by atoms with Crippen molar-refractivity contribution in [2.45, 2.75) is 6.54 Å². The third kappa shape index (κ3) is 4.39. The fourth-order valence-corrected chi connectivity index (χ4v) is 4.11. The molecule has 0 aliphatic carbocycles. The van der Waals surface area contributed by atoms with E-state index in [2.05, 4.69) is 10.3 Å². The Morgan fingerprint density at radius 1 is 1.00 bits per heavy atom. The van der Waals surface area contributed by atoms with Crippen molar-refractivity contribution >= 4 is 45.6 Å². The minimum Gasteiger partial charge on any atom is -0.465 e. The molecule has 7 nitrogen and oxygen atoms in total. The van der Waals surface area contributed by atoms with E-state index in [1.165, 1.54) is 13.2 Å². The average Bonchev–Trinajstić information content (AvgIpc) is 3.14. The van der Waals surface area contributed by atoms with Gasteiger partial charge < -0.3 is 15.0 Å². The van der Waals surface area contributed by atoms with Crippen molar-refractivity contribution in [1.29, 1.82) is 0 Å².